The van der Waals surface area contributed by atoms with Crippen molar-refractivity contribution in [2.75, 3.05) is 23.8 Å². The zero-order chi connectivity index (χ0) is 30.8. The van der Waals surface area contributed by atoms with Gasteiger partial charge in [-0.1, -0.05) is 16.8 Å². The summed E-state index contributed by atoms with van der Waals surface area (Å²) in [7, 11) is 0. The molecule has 0 aliphatic carbocycles. The molecule has 13 nitrogen and oxygen atoms in total. The van der Waals surface area contributed by atoms with Crippen LogP contribution in [0.15, 0.2) is 59.8 Å². The van der Waals surface area contributed by atoms with Crippen molar-refractivity contribution in [3.05, 3.63) is 87.0 Å². The van der Waals surface area contributed by atoms with Crippen molar-refractivity contribution in [3.63, 3.8) is 0 Å². The topological polar surface area (TPSA) is 188 Å². The number of hydrogen-bond acceptors (Lipinski definition) is 10. The van der Waals surface area contributed by atoms with Crippen molar-refractivity contribution in [3.8, 4) is 11.5 Å². The normalized spacial score (nSPS) is 11.1. The number of rotatable bonds is 13. The van der Waals surface area contributed by atoms with E-state index in [1.165, 1.54) is 12.1 Å². The molecule has 0 aliphatic rings. The average molecular weight is 580 g/mol. The van der Waals surface area contributed by atoms with Crippen LogP contribution in [0.2, 0.25) is 0 Å². The molecular weight excluding hydrogens is 546 g/mol. The number of esters is 1. The van der Waals surface area contributed by atoms with Crippen LogP contribution in [0.25, 0.3) is 0 Å². The first kappa shape index (κ1) is 31.2. The molecule has 0 bridgehead atoms. The monoisotopic (exact) mass is 579 g/mol. The Balaban J connectivity index is 1.92. The van der Waals surface area contributed by atoms with Crippen molar-refractivity contribution < 1.29 is 33.9 Å². The van der Waals surface area contributed by atoms with Gasteiger partial charge in [0, 0.05) is 35.1 Å². The van der Waals surface area contributed by atoms with E-state index in [-0.39, 0.29) is 42.3 Å². The van der Waals surface area contributed by atoms with Gasteiger partial charge < -0.3 is 35.8 Å². The highest BCUT2D eigenvalue weighted by molar-refractivity contribution is 6.08. The number of hydrogen-bond donors (Lipinski definition) is 4. The van der Waals surface area contributed by atoms with Crippen molar-refractivity contribution in [2.45, 2.75) is 40.3 Å². The molecule has 0 saturated carbocycles. The van der Waals surface area contributed by atoms with Crippen LogP contribution in [0.5, 0.6) is 11.5 Å². The molecular formula is C29H33N5O8. The zero-order valence-electron chi connectivity index (χ0n) is 23.7. The Hall–Kier alpha value is -5.33. The maximum absolute atomic E-state index is 13.3. The Labute approximate surface area is 242 Å². The fourth-order valence-corrected chi connectivity index (χ4v) is 3.89. The fourth-order valence-electron chi connectivity index (χ4n) is 3.89. The number of nitrogens with two attached hydrogens (primary N) is 1. The molecule has 0 aliphatic heterocycles. The highest BCUT2D eigenvalue weighted by atomic mass is 16.6. The number of nitro benzene ring substituents is 1. The van der Waals surface area contributed by atoms with Crippen LogP contribution in [0, 0.1) is 17.0 Å². The summed E-state index contributed by atoms with van der Waals surface area (Å²) in [5, 5.41) is 29.5. The molecule has 0 heterocycles. The van der Waals surface area contributed by atoms with Gasteiger partial charge in [-0.3, -0.25) is 14.9 Å². The predicted octanol–water partition coefficient (Wildman–Crippen LogP) is 4.59. The number of nitrogens with one attached hydrogen (secondary N) is 2. The fraction of sp³-hybridized carbons (Fsp3) is 0.276. The molecule has 3 rings (SSSR count). The average Bonchev–Trinajstić information content (AvgIpc) is 2.95. The van der Waals surface area contributed by atoms with E-state index < -0.39 is 23.4 Å². The molecule has 0 spiro atoms. The third-order valence-corrected chi connectivity index (χ3v) is 5.76. The van der Waals surface area contributed by atoms with Gasteiger partial charge in [0.05, 0.1) is 29.3 Å². The van der Waals surface area contributed by atoms with Gasteiger partial charge in [0.25, 0.3) is 11.6 Å². The summed E-state index contributed by atoms with van der Waals surface area (Å²) in [6.45, 7) is 6.74. The van der Waals surface area contributed by atoms with Gasteiger partial charge in [-0.15, -0.1) is 0 Å². The first-order chi connectivity index (χ1) is 20.0. The standard InChI is InChI=1S/C29H33N5O8/c1-5-40-26(35)16-41-27-20(13-22(34(38)39)14-25(27)42-17(2)3)15-31-24-11-6-18(4)12-23(24)29(36)32-21-9-7-19(8-10-21)28(30)33-37/h6-14,17,31,37H,5,15-16H2,1-4H3,(H2,30,33)(H,32,36). The summed E-state index contributed by atoms with van der Waals surface area (Å²) in [4.78, 5) is 36.4. The molecule has 0 saturated heterocycles. The molecule has 222 valence electrons. The SMILES string of the molecule is CCOC(=O)COc1c(CNc2ccc(C)cc2C(=O)Nc2ccc(/C(N)=N/O)cc2)cc([N+](=O)[O-])cc1OC(C)C. The first-order valence-corrected chi connectivity index (χ1v) is 13.0. The van der Waals surface area contributed by atoms with Gasteiger partial charge in [-0.25, -0.2) is 4.79 Å². The minimum absolute atomic E-state index is 0.00783. The van der Waals surface area contributed by atoms with Gasteiger partial charge in [0.15, 0.2) is 23.9 Å². The summed E-state index contributed by atoms with van der Waals surface area (Å²) in [6.07, 6.45) is -0.341. The van der Waals surface area contributed by atoms with Crippen LogP contribution >= 0.6 is 0 Å². The molecule has 3 aromatic rings. The summed E-state index contributed by atoms with van der Waals surface area (Å²) in [6, 6.07) is 14.2. The van der Waals surface area contributed by atoms with E-state index in [1.807, 2.05) is 13.0 Å². The molecule has 42 heavy (non-hydrogen) atoms. The number of non-ortho nitro benzene ring substituents is 1. The summed E-state index contributed by atoms with van der Waals surface area (Å²) >= 11 is 0. The smallest absolute Gasteiger partial charge is 0.344 e. The van der Waals surface area contributed by atoms with Gasteiger partial charge in [-0.05, 0) is 64.1 Å². The van der Waals surface area contributed by atoms with E-state index in [1.54, 1.807) is 57.2 Å². The largest absolute Gasteiger partial charge is 0.487 e. The van der Waals surface area contributed by atoms with E-state index in [4.69, 9.17) is 25.2 Å². The Morgan fingerprint density at radius 3 is 2.45 bits per heavy atom. The minimum Gasteiger partial charge on any atom is -0.487 e. The molecule has 0 unspecified atom stereocenters. The molecule has 0 radical (unpaired) electrons. The maximum atomic E-state index is 13.3. The van der Waals surface area contributed by atoms with Crippen LogP contribution < -0.4 is 25.8 Å². The van der Waals surface area contributed by atoms with Crippen LogP contribution in [-0.2, 0) is 16.1 Å². The second kappa shape index (κ2) is 14.3. The second-order valence-electron chi connectivity index (χ2n) is 9.37. The van der Waals surface area contributed by atoms with Crippen molar-refractivity contribution >= 4 is 34.8 Å². The van der Waals surface area contributed by atoms with Crippen LogP contribution in [-0.4, -0.2) is 47.2 Å². The summed E-state index contributed by atoms with van der Waals surface area (Å²) in [5.41, 5.74) is 8.24. The highest BCUT2D eigenvalue weighted by Gasteiger charge is 2.22. The van der Waals surface area contributed by atoms with Crippen molar-refractivity contribution in [1.29, 1.82) is 0 Å². The summed E-state index contributed by atoms with van der Waals surface area (Å²) in [5.74, 6) is -0.857. The zero-order valence-corrected chi connectivity index (χ0v) is 23.7. The third-order valence-electron chi connectivity index (χ3n) is 5.76. The van der Waals surface area contributed by atoms with Crippen LogP contribution in [0.1, 0.15) is 47.8 Å². The molecule has 13 heteroatoms. The minimum atomic E-state index is -0.609. The van der Waals surface area contributed by atoms with Crippen molar-refractivity contribution in [1.82, 2.24) is 0 Å². The quantitative estimate of drug-likeness (QED) is 0.0557. The number of anilines is 2. The molecule has 0 fully saturated rings. The molecule has 3 aromatic carbocycles. The number of aryl methyl sites for hydroxylation is 1. The lowest BCUT2D eigenvalue weighted by atomic mass is 10.1. The van der Waals surface area contributed by atoms with Gasteiger partial charge in [0.1, 0.15) is 0 Å². The van der Waals surface area contributed by atoms with E-state index >= 15 is 0 Å². The highest BCUT2D eigenvalue weighted by Crippen LogP contribution is 2.37. The number of nitro groups is 1. The number of nitrogens with zero attached hydrogens (tertiary/aromatic N) is 2. The van der Waals surface area contributed by atoms with Crippen molar-refractivity contribution in [2.24, 2.45) is 10.9 Å². The van der Waals surface area contributed by atoms with Gasteiger partial charge >= 0.3 is 5.97 Å². The Bertz CT molecular complexity index is 1470. The molecule has 0 atom stereocenters. The summed E-state index contributed by atoms with van der Waals surface area (Å²) < 4.78 is 16.5. The molecule has 1 amide bonds. The Morgan fingerprint density at radius 2 is 1.83 bits per heavy atom. The number of oxime groups is 1. The predicted molar refractivity (Wildman–Crippen MR) is 156 cm³/mol. The lowest BCUT2D eigenvalue weighted by molar-refractivity contribution is -0.385. The first-order valence-electron chi connectivity index (χ1n) is 13.0. The Kier molecular flexibility index (Phi) is 10.7. The lowest BCUT2D eigenvalue weighted by Crippen LogP contribution is -2.18. The number of amidine groups is 1. The van der Waals surface area contributed by atoms with Gasteiger partial charge in [-0.2, -0.15) is 0 Å². The van der Waals surface area contributed by atoms with E-state index in [0.29, 0.717) is 28.1 Å². The number of carbonyl (C=O) groups is 2. The second-order valence-corrected chi connectivity index (χ2v) is 9.37. The Morgan fingerprint density at radius 1 is 1.12 bits per heavy atom. The lowest BCUT2D eigenvalue weighted by Gasteiger charge is -2.19. The number of carbonyl (C=O) groups excluding carboxylic acids is 2. The third kappa shape index (κ3) is 8.34. The van der Waals surface area contributed by atoms with E-state index in [9.17, 15) is 19.7 Å². The van der Waals surface area contributed by atoms with E-state index in [2.05, 4.69) is 15.8 Å². The van der Waals surface area contributed by atoms with E-state index in [0.717, 1.165) is 5.56 Å². The number of amides is 1. The maximum Gasteiger partial charge on any atom is 0.344 e. The van der Waals surface area contributed by atoms with Crippen LogP contribution in [0.3, 0.4) is 0 Å². The number of benzene rings is 3. The van der Waals surface area contributed by atoms with Crippen LogP contribution in [0.4, 0.5) is 17.1 Å². The van der Waals surface area contributed by atoms with Gasteiger partial charge in [0.2, 0.25) is 0 Å². The number of ether oxygens (including phenoxy) is 3. The molecule has 5 N–H and O–H groups in total. The molecule has 0 aromatic heterocycles.